The maximum absolute atomic E-state index is 13.1. The first-order valence-electron chi connectivity index (χ1n) is 12.3. The molecule has 2 aliphatic rings. The first kappa shape index (κ1) is 24.8. The van der Waals surface area contributed by atoms with Crippen LogP contribution in [0.25, 0.3) is 5.65 Å². The minimum absolute atomic E-state index is 0.00972. The Morgan fingerprint density at radius 3 is 2.38 bits per heavy atom. The number of rotatable bonds is 2. The zero-order valence-electron chi connectivity index (χ0n) is 20.7. The van der Waals surface area contributed by atoms with Crippen molar-refractivity contribution in [3.8, 4) is 0 Å². The van der Waals surface area contributed by atoms with Gasteiger partial charge in [-0.3, -0.25) is 0 Å². The van der Waals surface area contributed by atoms with E-state index < -0.39 is 17.7 Å². The van der Waals surface area contributed by atoms with Crippen LogP contribution in [0.3, 0.4) is 0 Å². The minimum atomic E-state index is -4.12. The highest BCUT2D eigenvalue weighted by Crippen LogP contribution is 2.43. The number of aryl methyl sites for hydroxylation is 1. The van der Waals surface area contributed by atoms with Crippen molar-refractivity contribution >= 4 is 11.7 Å². The first-order valence-corrected chi connectivity index (χ1v) is 12.3. The maximum Gasteiger partial charge on any atom is 0.410 e. The van der Waals surface area contributed by atoms with Crippen LogP contribution in [0.15, 0.2) is 12.1 Å². The van der Waals surface area contributed by atoms with E-state index in [-0.39, 0.29) is 36.8 Å². The summed E-state index contributed by atoms with van der Waals surface area (Å²) in [5.74, 6) is -1.15. The molecule has 3 heterocycles. The SMILES string of the molecule is Cc1cc([C@H]2CCCN(C(=O)OC(C)(C)C)[C@@H]2C)n2nc(C3CCC(C(F)(F)F)CC3)cc2n1. The van der Waals surface area contributed by atoms with Crippen molar-refractivity contribution in [3.05, 3.63) is 29.2 Å². The fourth-order valence-electron chi connectivity index (χ4n) is 5.44. The van der Waals surface area contributed by atoms with Crippen molar-refractivity contribution in [1.82, 2.24) is 19.5 Å². The van der Waals surface area contributed by atoms with E-state index in [0.717, 1.165) is 29.9 Å². The molecule has 2 aromatic rings. The summed E-state index contributed by atoms with van der Waals surface area (Å²) in [4.78, 5) is 19.3. The van der Waals surface area contributed by atoms with Gasteiger partial charge in [0, 0.05) is 36.2 Å². The minimum Gasteiger partial charge on any atom is -0.444 e. The molecular formula is C25H35F3N4O2. The van der Waals surface area contributed by atoms with Gasteiger partial charge in [0.05, 0.1) is 17.3 Å². The van der Waals surface area contributed by atoms with Crippen LogP contribution in [0.1, 0.15) is 95.1 Å². The summed E-state index contributed by atoms with van der Waals surface area (Å²) in [5.41, 5.74) is 2.80. The van der Waals surface area contributed by atoms with Crippen LogP contribution in [0.2, 0.25) is 0 Å². The van der Waals surface area contributed by atoms with Crippen molar-refractivity contribution in [2.75, 3.05) is 6.54 Å². The normalized spacial score (nSPS) is 26.6. The third-order valence-electron chi connectivity index (χ3n) is 7.21. The molecular weight excluding hydrogens is 445 g/mol. The third-order valence-corrected chi connectivity index (χ3v) is 7.21. The second-order valence-corrected chi connectivity index (χ2v) is 10.9. The highest BCUT2D eigenvalue weighted by atomic mass is 19.4. The summed E-state index contributed by atoms with van der Waals surface area (Å²) in [6, 6.07) is 3.86. The Kier molecular flexibility index (Phi) is 6.59. The average molecular weight is 481 g/mol. The Balaban J connectivity index is 1.59. The molecule has 1 amide bonds. The Morgan fingerprint density at radius 1 is 1.09 bits per heavy atom. The molecule has 1 saturated carbocycles. The van der Waals surface area contributed by atoms with Crippen LogP contribution in [0, 0.1) is 12.8 Å². The molecule has 0 aromatic carbocycles. The molecule has 4 rings (SSSR count). The molecule has 2 aromatic heterocycles. The van der Waals surface area contributed by atoms with Gasteiger partial charge in [0.1, 0.15) is 5.60 Å². The summed E-state index contributed by atoms with van der Waals surface area (Å²) < 4.78 is 46.7. The Morgan fingerprint density at radius 2 is 1.76 bits per heavy atom. The van der Waals surface area contributed by atoms with Gasteiger partial charge < -0.3 is 9.64 Å². The Bertz CT molecular complexity index is 1040. The van der Waals surface area contributed by atoms with Crippen LogP contribution >= 0.6 is 0 Å². The van der Waals surface area contributed by atoms with Gasteiger partial charge in [0.2, 0.25) is 0 Å². The van der Waals surface area contributed by atoms with Gasteiger partial charge in [0.15, 0.2) is 5.65 Å². The highest BCUT2D eigenvalue weighted by molar-refractivity contribution is 5.69. The van der Waals surface area contributed by atoms with Gasteiger partial charge in [-0.1, -0.05) is 0 Å². The van der Waals surface area contributed by atoms with Gasteiger partial charge in [-0.2, -0.15) is 18.3 Å². The average Bonchev–Trinajstić information content (AvgIpc) is 3.15. The molecule has 1 aliphatic carbocycles. The fraction of sp³-hybridized carbons (Fsp3) is 0.720. The smallest absolute Gasteiger partial charge is 0.410 e. The number of likely N-dealkylation sites (tertiary alicyclic amines) is 1. The van der Waals surface area contributed by atoms with Crippen molar-refractivity contribution in [3.63, 3.8) is 0 Å². The quantitative estimate of drug-likeness (QED) is 0.501. The van der Waals surface area contributed by atoms with E-state index in [4.69, 9.17) is 9.84 Å². The molecule has 188 valence electrons. The second-order valence-electron chi connectivity index (χ2n) is 10.9. The van der Waals surface area contributed by atoms with Crippen LogP contribution in [-0.2, 0) is 4.74 Å². The summed E-state index contributed by atoms with van der Waals surface area (Å²) >= 11 is 0. The Hall–Kier alpha value is -2.32. The molecule has 0 radical (unpaired) electrons. The molecule has 0 spiro atoms. The van der Waals surface area contributed by atoms with E-state index in [0.29, 0.717) is 25.0 Å². The molecule has 0 unspecified atom stereocenters. The number of amides is 1. The number of hydrogen-bond acceptors (Lipinski definition) is 4. The molecule has 6 nitrogen and oxygen atoms in total. The third kappa shape index (κ3) is 5.18. The lowest BCUT2D eigenvalue weighted by atomic mass is 9.80. The van der Waals surface area contributed by atoms with Crippen molar-refractivity contribution in [2.45, 2.75) is 103 Å². The lowest BCUT2D eigenvalue weighted by molar-refractivity contribution is -0.182. The predicted molar refractivity (Wildman–Crippen MR) is 123 cm³/mol. The molecule has 0 N–H and O–H groups in total. The monoisotopic (exact) mass is 480 g/mol. The van der Waals surface area contributed by atoms with Gasteiger partial charge in [-0.25, -0.2) is 14.3 Å². The number of carbonyl (C=O) groups excluding carboxylic acids is 1. The van der Waals surface area contributed by atoms with E-state index in [1.54, 1.807) is 4.90 Å². The largest absolute Gasteiger partial charge is 0.444 e. The van der Waals surface area contributed by atoms with Crippen LogP contribution in [0.5, 0.6) is 0 Å². The topological polar surface area (TPSA) is 59.7 Å². The molecule has 2 atom stereocenters. The summed E-state index contributed by atoms with van der Waals surface area (Å²) in [5, 5.41) is 4.84. The van der Waals surface area contributed by atoms with E-state index in [2.05, 4.69) is 4.98 Å². The number of carbonyl (C=O) groups is 1. The lowest BCUT2D eigenvalue weighted by Gasteiger charge is -2.40. The number of hydrogen-bond donors (Lipinski definition) is 0. The second kappa shape index (κ2) is 9.04. The summed E-state index contributed by atoms with van der Waals surface area (Å²) in [7, 11) is 0. The van der Waals surface area contributed by atoms with Crippen molar-refractivity contribution < 1.29 is 22.7 Å². The van der Waals surface area contributed by atoms with Crippen molar-refractivity contribution in [2.24, 2.45) is 5.92 Å². The number of fused-ring (bicyclic) bond motifs is 1. The zero-order valence-corrected chi connectivity index (χ0v) is 20.7. The standard InChI is InChI=1S/C25H35F3N4O2/c1-15-13-21(19-7-6-12-31(16(19)2)23(33)34-24(3,4)5)32-22(29-15)14-20(30-32)17-8-10-18(11-9-17)25(26,27)28/h13-14,16-19H,6-12H2,1-5H3/t16-,17?,18?,19+/m1/s1. The molecule has 1 aliphatic heterocycles. The zero-order chi connectivity index (χ0) is 24.8. The van der Waals surface area contributed by atoms with E-state index in [1.807, 2.05) is 51.3 Å². The molecule has 0 bridgehead atoms. The number of piperidine rings is 1. The number of aromatic nitrogens is 3. The van der Waals surface area contributed by atoms with Gasteiger partial charge in [-0.05, 0) is 79.2 Å². The summed E-state index contributed by atoms with van der Waals surface area (Å²) in [6.45, 7) is 10.2. The Labute approximate surface area is 198 Å². The van der Waals surface area contributed by atoms with E-state index in [9.17, 15) is 18.0 Å². The first-order chi connectivity index (χ1) is 15.8. The molecule has 1 saturated heterocycles. The van der Waals surface area contributed by atoms with Crippen LogP contribution < -0.4 is 0 Å². The van der Waals surface area contributed by atoms with E-state index in [1.165, 1.54) is 0 Å². The number of alkyl halides is 3. The highest BCUT2D eigenvalue weighted by Gasteiger charge is 2.42. The number of ether oxygens (including phenoxy) is 1. The summed E-state index contributed by atoms with van der Waals surface area (Å²) in [6.07, 6.45) is -1.42. The molecule has 34 heavy (non-hydrogen) atoms. The number of nitrogens with zero attached hydrogens (tertiary/aromatic N) is 4. The fourth-order valence-corrected chi connectivity index (χ4v) is 5.44. The van der Waals surface area contributed by atoms with Gasteiger partial charge >= 0.3 is 12.3 Å². The lowest BCUT2D eigenvalue weighted by Crippen LogP contribution is -2.48. The van der Waals surface area contributed by atoms with Crippen LogP contribution in [0.4, 0.5) is 18.0 Å². The number of halogens is 3. The predicted octanol–water partition coefficient (Wildman–Crippen LogP) is 6.38. The maximum atomic E-state index is 13.1. The van der Waals surface area contributed by atoms with Crippen LogP contribution in [-0.4, -0.2) is 50.0 Å². The van der Waals surface area contributed by atoms with Gasteiger partial charge in [0.25, 0.3) is 0 Å². The van der Waals surface area contributed by atoms with Crippen molar-refractivity contribution in [1.29, 1.82) is 0 Å². The molecule has 2 fully saturated rings. The van der Waals surface area contributed by atoms with Gasteiger partial charge in [-0.15, -0.1) is 0 Å². The van der Waals surface area contributed by atoms with E-state index >= 15 is 0 Å². The molecule has 9 heteroatoms.